The van der Waals surface area contributed by atoms with Crippen LogP contribution < -0.4 is 10.1 Å². The number of hydrogen-bond acceptors (Lipinski definition) is 3. The summed E-state index contributed by atoms with van der Waals surface area (Å²) in [5.41, 5.74) is 0.847. The van der Waals surface area contributed by atoms with E-state index in [4.69, 9.17) is 9.47 Å². The third kappa shape index (κ3) is 6.13. The van der Waals surface area contributed by atoms with Crippen molar-refractivity contribution in [1.82, 2.24) is 10.2 Å². The summed E-state index contributed by atoms with van der Waals surface area (Å²) in [6.07, 6.45) is -2.22. The lowest BCUT2D eigenvalue weighted by Crippen LogP contribution is -2.41. The molecule has 158 valence electrons. The number of hydrogen-bond donors (Lipinski definition) is 1. The molecule has 28 heavy (non-hydrogen) atoms. The lowest BCUT2D eigenvalue weighted by molar-refractivity contribution is -0.153. The zero-order valence-electron chi connectivity index (χ0n) is 15.9. The normalized spacial score (nSPS) is 22.4. The number of guanidine groups is 1. The minimum absolute atomic E-state index is 0. The van der Waals surface area contributed by atoms with Crippen molar-refractivity contribution >= 4 is 29.9 Å². The van der Waals surface area contributed by atoms with Crippen LogP contribution in [-0.2, 0) is 11.3 Å². The van der Waals surface area contributed by atoms with Gasteiger partial charge in [-0.25, -0.2) is 4.99 Å². The Bertz CT molecular complexity index is 664. The number of alkyl halides is 3. The molecule has 2 aliphatic heterocycles. The lowest BCUT2D eigenvalue weighted by Gasteiger charge is -2.25. The molecule has 0 saturated carbocycles. The Labute approximate surface area is 180 Å². The van der Waals surface area contributed by atoms with Crippen LogP contribution in [0.15, 0.2) is 29.3 Å². The maximum Gasteiger partial charge on any atom is 0.422 e. The molecule has 0 aromatic heterocycles. The molecule has 0 bridgehead atoms. The van der Waals surface area contributed by atoms with Gasteiger partial charge in [-0.3, -0.25) is 0 Å². The second kappa shape index (κ2) is 10.00. The summed E-state index contributed by atoms with van der Waals surface area (Å²) < 4.78 is 47.9. The van der Waals surface area contributed by atoms with E-state index in [0.29, 0.717) is 5.56 Å². The fourth-order valence-corrected chi connectivity index (χ4v) is 3.61. The Hall–Kier alpha value is -1.23. The quantitative estimate of drug-likeness (QED) is 0.370. The maximum atomic E-state index is 12.5. The smallest absolute Gasteiger partial charge is 0.422 e. The van der Waals surface area contributed by atoms with E-state index >= 15 is 0 Å². The van der Waals surface area contributed by atoms with E-state index in [-0.39, 0.29) is 41.7 Å². The van der Waals surface area contributed by atoms with Crippen LogP contribution >= 0.6 is 24.0 Å². The molecule has 9 heteroatoms. The molecule has 0 amide bonds. The van der Waals surface area contributed by atoms with Crippen molar-refractivity contribution < 1.29 is 22.6 Å². The monoisotopic (exact) mass is 513 g/mol. The molecule has 1 N–H and O–H groups in total. The lowest BCUT2D eigenvalue weighted by atomic mass is 9.87. The highest BCUT2D eigenvalue weighted by molar-refractivity contribution is 14.0. The molecule has 2 fully saturated rings. The fraction of sp³-hybridized carbons (Fsp3) is 0.632. The molecule has 2 saturated heterocycles. The van der Waals surface area contributed by atoms with Gasteiger partial charge in [0.15, 0.2) is 12.6 Å². The molecule has 0 radical (unpaired) electrons. The van der Waals surface area contributed by atoms with Crippen LogP contribution in [0.2, 0.25) is 0 Å². The zero-order chi connectivity index (χ0) is 19.3. The van der Waals surface area contributed by atoms with Gasteiger partial charge < -0.3 is 19.7 Å². The van der Waals surface area contributed by atoms with Crippen molar-refractivity contribution in [3.05, 3.63) is 29.8 Å². The first-order chi connectivity index (χ1) is 12.9. The number of aliphatic imine (C=N–C) groups is 1. The van der Waals surface area contributed by atoms with Crippen molar-refractivity contribution in [1.29, 1.82) is 0 Å². The summed E-state index contributed by atoms with van der Waals surface area (Å²) in [6.45, 7) is 5.08. The highest BCUT2D eigenvalue weighted by Crippen LogP contribution is 2.38. The standard InChI is InChI=1S/C19H26F3N3O2.HI/c1-2-23-17(25-9-7-18(12-25)8-10-26-13-18)24-11-15-5-3-4-6-16(15)27-14-19(20,21)22;/h3-6H,2,7-14H2,1H3,(H,23,24);1H. The molecule has 2 heterocycles. The van der Waals surface area contributed by atoms with Crippen LogP contribution in [0.1, 0.15) is 25.3 Å². The first kappa shape index (κ1) is 23.1. The number of nitrogens with one attached hydrogen (secondary N) is 1. The topological polar surface area (TPSA) is 46.1 Å². The Morgan fingerprint density at radius 3 is 2.79 bits per heavy atom. The zero-order valence-corrected chi connectivity index (χ0v) is 18.3. The van der Waals surface area contributed by atoms with Gasteiger partial charge in [-0.2, -0.15) is 13.2 Å². The summed E-state index contributed by atoms with van der Waals surface area (Å²) in [4.78, 5) is 6.87. The van der Waals surface area contributed by atoms with Crippen molar-refractivity contribution in [3.63, 3.8) is 0 Å². The first-order valence-corrected chi connectivity index (χ1v) is 9.29. The van der Waals surface area contributed by atoms with Gasteiger partial charge in [-0.15, -0.1) is 24.0 Å². The second-order valence-electron chi connectivity index (χ2n) is 7.16. The van der Waals surface area contributed by atoms with Gasteiger partial charge in [0.25, 0.3) is 0 Å². The van der Waals surface area contributed by atoms with Crippen LogP contribution in [0, 0.1) is 5.41 Å². The van der Waals surface area contributed by atoms with Crippen molar-refractivity contribution in [2.45, 2.75) is 32.5 Å². The Balaban J connectivity index is 0.00000280. The minimum atomic E-state index is -4.36. The van der Waals surface area contributed by atoms with E-state index in [1.807, 2.05) is 6.92 Å². The molecule has 5 nitrogen and oxygen atoms in total. The molecule has 1 unspecified atom stereocenters. The van der Waals surface area contributed by atoms with Gasteiger partial charge >= 0.3 is 6.18 Å². The Morgan fingerprint density at radius 1 is 1.32 bits per heavy atom. The van der Waals surface area contributed by atoms with Crippen LogP contribution in [0.3, 0.4) is 0 Å². The second-order valence-corrected chi connectivity index (χ2v) is 7.16. The number of halogens is 4. The number of rotatable bonds is 5. The van der Waals surface area contributed by atoms with Crippen molar-refractivity contribution in [3.8, 4) is 5.75 Å². The van der Waals surface area contributed by atoms with Crippen LogP contribution in [0.25, 0.3) is 0 Å². The van der Waals surface area contributed by atoms with Crippen LogP contribution in [0.5, 0.6) is 5.75 Å². The van der Waals surface area contributed by atoms with Gasteiger partial charge in [-0.05, 0) is 25.8 Å². The van der Waals surface area contributed by atoms with Crippen LogP contribution in [-0.4, -0.2) is 56.5 Å². The fourth-order valence-electron chi connectivity index (χ4n) is 3.61. The molecule has 2 aliphatic rings. The molecular weight excluding hydrogens is 486 g/mol. The molecular formula is C19H27F3IN3O2. The highest BCUT2D eigenvalue weighted by Gasteiger charge is 2.42. The predicted octanol–water partition coefficient (Wildman–Crippen LogP) is 3.82. The predicted molar refractivity (Wildman–Crippen MR) is 112 cm³/mol. The Morgan fingerprint density at radius 2 is 2.11 bits per heavy atom. The van der Waals surface area contributed by atoms with Crippen molar-refractivity contribution in [2.24, 2.45) is 10.4 Å². The summed E-state index contributed by atoms with van der Waals surface area (Å²) in [5.74, 6) is 1.00. The molecule has 1 atom stereocenters. The summed E-state index contributed by atoms with van der Waals surface area (Å²) in [7, 11) is 0. The van der Waals surface area contributed by atoms with E-state index in [0.717, 1.165) is 51.6 Å². The van der Waals surface area contributed by atoms with E-state index in [1.54, 1.807) is 24.3 Å². The summed E-state index contributed by atoms with van der Waals surface area (Å²) >= 11 is 0. The van der Waals surface area contributed by atoms with Gasteiger partial charge in [0, 0.05) is 37.2 Å². The third-order valence-electron chi connectivity index (χ3n) is 5.02. The SMILES string of the molecule is CCNC(=NCc1ccccc1OCC(F)(F)F)N1CCC2(CCOC2)C1.I. The average molecular weight is 513 g/mol. The summed E-state index contributed by atoms with van der Waals surface area (Å²) in [6, 6.07) is 6.73. The molecule has 0 aliphatic carbocycles. The first-order valence-electron chi connectivity index (χ1n) is 9.29. The number of ether oxygens (including phenoxy) is 2. The number of benzene rings is 1. The van der Waals surface area contributed by atoms with Gasteiger partial charge in [0.1, 0.15) is 5.75 Å². The van der Waals surface area contributed by atoms with E-state index in [1.165, 1.54) is 0 Å². The summed E-state index contributed by atoms with van der Waals surface area (Å²) in [5, 5.41) is 3.29. The number of nitrogens with zero attached hydrogens (tertiary/aromatic N) is 2. The van der Waals surface area contributed by atoms with Gasteiger partial charge in [-0.1, -0.05) is 18.2 Å². The molecule has 1 aromatic carbocycles. The maximum absolute atomic E-state index is 12.5. The number of para-hydroxylation sites is 1. The largest absolute Gasteiger partial charge is 0.484 e. The van der Waals surface area contributed by atoms with E-state index < -0.39 is 12.8 Å². The molecule has 1 spiro atoms. The minimum Gasteiger partial charge on any atom is -0.484 e. The molecule has 3 rings (SSSR count). The molecule has 1 aromatic rings. The third-order valence-corrected chi connectivity index (χ3v) is 5.02. The number of likely N-dealkylation sites (tertiary alicyclic amines) is 1. The van der Waals surface area contributed by atoms with E-state index in [9.17, 15) is 13.2 Å². The Kier molecular flexibility index (Phi) is 8.23. The van der Waals surface area contributed by atoms with Gasteiger partial charge in [0.05, 0.1) is 13.2 Å². The average Bonchev–Trinajstić information content (AvgIpc) is 3.27. The van der Waals surface area contributed by atoms with Crippen molar-refractivity contribution in [2.75, 3.05) is 39.5 Å². The van der Waals surface area contributed by atoms with Crippen LogP contribution in [0.4, 0.5) is 13.2 Å². The highest BCUT2D eigenvalue weighted by atomic mass is 127. The van der Waals surface area contributed by atoms with E-state index in [2.05, 4.69) is 15.2 Å². The van der Waals surface area contributed by atoms with Gasteiger partial charge in [0.2, 0.25) is 0 Å².